The molecule has 1 amide bonds. The van der Waals surface area contributed by atoms with Crippen LogP contribution in [0.2, 0.25) is 0 Å². The van der Waals surface area contributed by atoms with Gasteiger partial charge in [0.25, 0.3) is 0 Å². The first-order valence-electron chi connectivity index (χ1n) is 11.5. The lowest BCUT2D eigenvalue weighted by atomic mass is 9.88. The maximum Gasteiger partial charge on any atom is 0.223 e. The van der Waals surface area contributed by atoms with E-state index in [0.29, 0.717) is 0 Å². The molecule has 1 N–H and O–H groups in total. The Morgan fingerprint density at radius 3 is 2.47 bits per heavy atom. The van der Waals surface area contributed by atoms with Crippen molar-refractivity contribution in [2.45, 2.75) is 64.5 Å². The van der Waals surface area contributed by atoms with Crippen molar-refractivity contribution < 1.29 is 4.79 Å². The number of likely N-dealkylation sites (tertiary alicyclic amines) is 1. The summed E-state index contributed by atoms with van der Waals surface area (Å²) >= 11 is 3.50. The summed E-state index contributed by atoms with van der Waals surface area (Å²) in [6.07, 6.45) is 7.82. The van der Waals surface area contributed by atoms with Gasteiger partial charge in [-0.25, -0.2) is 0 Å². The number of halogens is 1. The maximum atomic E-state index is 13.0. The molecule has 2 aromatic rings. The number of aryl methyl sites for hydroxylation is 2. The smallest absolute Gasteiger partial charge is 0.223 e. The average molecular weight is 469 g/mol. The summed E-state index contributed by atoms with van der Waals surface area (Å²) in [5.41, 5.74) is 5.61. The Hall–Kier alpha value is -1.65. The Balaban J connectivity index is 1.30. The topological polar surface area (TPSA) is 32.3 Å². The Morgan fingerprint density at radius 2 is 1.77 bits per heavy atom. The van der Waals surface area contributed by atoms with Crippen LogP contribution in [0.4, 0.5) is 0 Å². The number of benzene rings is 2. The van der Waals surface area contributed by atoms with Crippen molar-refractivity contribution in [3.63, 3.8) is 0 Å². The highest BCUT2D eigenvalue weighted by Gasteiger charge is 2.27. The molecule has 1 heterocycles. The summed E-state index contributed by atoms with van der Waals surface area (Å²) in [5, 5.41) is 3.37. The lowest BCUT2D eigenvalue weighted by Crippen LogP contribution is -2.41. The van der Waals surface area contributed by atoms with E-state index in [1.807, 2.05) is 0 Å². The molecule has 0 aromatic heterocycles. The van der Waals surface area contributed by atoms with Gasteiger partial charge in [0, 0.05) is 16.9 Å². The van der Waals surface area contributed by atoms with Gasteiger partial charge in [-0.2, -0.15) is 0 Å². The molecule has 0 spiro atoms. The third-order valence-corrected chi connectivity index (χ3v) is 7.31. The first kappa shape index (κ1) is 21.6. The zero-order chi connectivity index (χ0) is 20.9. The molecule has 1 atom stereocenters. The summed E-state index contributed by atoms with van der Waals surface area (Å²) in [5.74, 6) is 0.376. The SMILES string of the molecule is CC[C@@H](NC(=O)C1CCN(Cc2ccc(Br)cc2)CC1)c1ccc2c(c1)CCCC2. The van der Waals surface area contributed by atoms with Gasteiger partial charge in [-0.1, -0.05) is 53.2 Å². The summed E-state index contributed by atoms with van der Waals surface area (Å²) in [7, 11) is 0. The minimum absolute atomic E-state index is 0.130. The molecule has 1 saturated heterocycles. The molecular weight excluding hydrogens is 436 g/mol. The Bertz CT molecular complexity index is 856. The number of piperidine rings is 1. The highest BCUT2D eigenvalue weighted by atomic mass is 79.9. The van der Waals surface area contributed by atoms with Crippen molar-refractivity contribution in [2.24, 2.45) is 5.92 Å². The summed E-state index contributed by atoms with van der Waals surface area (Å²) in [6.45, 7) is 5.12. The van der Waals surface area contributed by atoms with Crippen LogP contribution in [0.3, 0.4) is 0 Å². The average Bonchev–Trinajstić information content (AvgIpc) is 2.79. The number of fused-ring (bicyclic) bond motifs is 1. The van der Waals surface area contributed by atoms with Crippen LogP contribution in [0.25, 0.3) is 0 Å². The molecule has 0 unspecified atom stereocenters. The number of amides is 1. The quantitative estimate of drug-likeness (QED) is 0.579. The molecule has 0 saturated carbocycles. The Labute approximate surface area is 189 Å². The van der Waals surface area contributed by atoms with Crippen molar-refractivity contribution >= 4 is 21.8 Å². The van der Waals surface area contributed by atoms with Crippen LogP contribution >= 0.6 is 15.9 Å². The van der Waals surface area contributed by atoms with Crippen LogP contribution in [0, 0.1) is 5.92 Å². The summed E-state index contributed by atoms with van der Waals surface area (Å²) in [6, 6.07) is 15.6. The maximum absolute atomic E-state index is 13.0. The highest BCUT2D eigenvalue weighted by molar-refractivity contribution is 9.10. The molecule has 1 aliphatic heterocycles. The molecule has 4 rings (SSSR count). The van der Waals surface area contributed by atoms with Crippen LogP contribution in [0.15, 0.2) is 46.9 Å². The summed E-state index contributed by atoms with van der Waals surface area (Å²) < 4.78 is 1.12. The van der Waals surface area contributed by atoms with E-state index < -0.39 is 0 Å². The van der Waals surface area contributed by atoms with E-state index in [1.165, 1.54) is 47.9 Å². The number of carbonyl (C=O) groups excluding carboxylic acids is 1. The normalized spacial score (nSPS) is 18.6. The fourth-order valence-corrected chi connectivity index (χ4v) is 5.15. The van der Waals surface area contributed by atoms with Gasteiger partial charge in [0.1, 0.15) is 0 Å². The van der Waals surface area contributed by atoms with Crippen LogP contribution < -0.4 is 5.32 Å². The number of hydrogen-bond donors (Lipinski definition) is 1. The molecule has 4 heteroatoms. The van der Waals surface area contributed by atoms with E-state index >= 15 is 0 Å². The van der Waals surface area contributed by atoms with E-state index in [4.69, 9.17) is 0 Å². The van der Waals surface area contributed by atoms with E-state index in [0.717, 1.165) is 43.4 Å². The Kier molecular flexibility index (Phi) is 7.27. The summed E-state index contributed by atoms with van der Waals surface area (Å²) in [4.78, 5) is 15.5. The lowest BCUT2D eigenvalue weighted by molar-refractivity contribution is -0.127. The minimum atomic E-state index is 0.130. The molecule has 1 aliphatic carbocycles. The van der Waals surface area contributed by atoms with Gasteiger partial charge >= 0.3 is 0 Å². The highest BCUT2D eigenvalue weighted by Crippen LogP contribution is 2.27. The number of nitrogens with one attached hydrogen (secondary N) is 1. The number of carbonyl (C=O) groups is 1. The van der Waals surface area contributed by atoms with E-state index in [-0.39, 0.29) is 17.9 Å². The molecule has 30 heavy (non-hydrogen) atoms. The zero-order valence-corrected chi connectivity index (χ0v) is 19.6. The van der Waals surface area contributed by atoms with Gasteiger partial charge in [0.05, 0.1) is 6.04 Å². The molecule has 1 fully saturated rings. The van der Waals surface area contributed by atoms with E-state index in [9.17, 15) is 4.79 Å². The van der Waals surface area contributed by atoms with Crippen LogP contribution in [-0.4, -0.2) is 23.9 Å². The first-order valence-corrected chi connectivity index (χ1v) is 12.3. The van der Waals surface area contributed by atoms with Crippen molar-refractivity contribution in [2.75, 3.05) is 13.1 Å². The second-order valence-electron chi connectivity index (χ2n) is 8.88. The molecule has 160 valence electrons. The molecule has 2 aromatic carbocycles. The van der Waals surface area contributed by atoms with Crippen molar-refractivity contribution in [1.29, 1.82) is 0 Å². The minimum Gasteiger partial charge on any atom is -0.349 e. The monoisotopic (exact) mass is 468 g/mol. The number of rotatable bonds is 6. The second-order valence-corrected chi connectivity index (χ2v) is 9.80. The van der Waals surface area contributed by atoms with Gasteiger partial charge < -0.3 is 5.32 Å². The lowest BCUT2D eigenvalue weighted by Gasteiger charge is -2.32. The number of hydrogen-bond acceptors (Lipinski definition) is 2. The fraction of sp³-hybridized carbons (Fsp3) is 0.500. The predicted molar refractivity (Wildman–Crippen MR) is 126 cm³/mol. The molecule has 0 radical (unpaired) electrons. The third kappa shape index (κ3) is 5.33. The molecule has 3 nitrogen and oxygen atoms in total. The second kappa shape index (κ2) is 10.1. The molecular formula is C26H33BrN2O. The van der Waals surface area contributed by atoms with Gasteiger partial charge in [-0.05, 0) is 92.4 Å². The van der Waals surface area contributed by atoms with Crippen molar-refractivity contribution in [1.82, 2.24) is 10.2 Å². The van der Waals surface area contributed by atoms with Crippen LogP contribution in [0.1, 0.15) is 67.3 Å². The van der Waals surface area contributed by atoms with Gasteiger partial charge in [-0.3, -0.25) is 9.69 Å². The van der Waals surface area contributed by atoms with Gasteiger partial charge in [0.2, 0.25) is 5.91 Å². The van der Waals surface area contributed by atoms with E-state index in [1.54, 1.807) is 0 Å². The van der Waals surface area contributed by atoms with E-state index in [2.05, 4.69) is 75.5 Å². The van der Waals surface area contributed by atoms with Crippen molar-refractivity contribution in [3.8, 4) is 0 Å². The zero-order valence-electron chi connectivity index (χ0n) is 18.0. The standard InChI is InChI=1S/C26H33BrN2O/c1-2-25(23-10-9-20-5-3-4-6-22(20)17-23)28-26(30)21-13-15-29(16-14-21)18-19-7-11-24(27)12-8-19/h7-12,17,21,25H,2-6,13-16,18H2,1H3,(H,28,30)/t25-/m1/s1. The largest absolute Gasteiger partial charge is 0.349 e. The van der Waals surface area contributed by atoms with Gasteiger partial charge in [0.15, 0.2) is 0 Å². The molecule has 2 aliphatic rings. The van der Waals surface area contributed by atoms with Crippen LogP contribution in [-0.2, 0) is 24.2 Å². The third-order valence-electron chi connectivity index (χ3n) is 6.78. The number of nitrogens with zero attached hydrogens (tertiary/aromatic N) is 1. The molecule has 0 bridgehead atoms. The predicted octanol–water partition coefficient (Wildman–Crippen LogP) is 5.81. The van der Waals surface area contributed by atoms with Gasteiger partial charge in [-0.15, -0.1) is 0 Å². The first-order chi connectivity index (χ1) is 14.6. The van der Waals surface area contributed by atoms with Crippen molar-refractivity contribution in [3.05, 3.63) is 69.2 Å². The Morgan fingerprint density at radius 1 is 1.07 bits per heavy atom. The van der Waals surface area contributed by atoms with Crippen LogP contribution in [0.5, 0.6) is 0 Å². The fourth-order valence-electron chi connectivity index (χ4n) is 4.88.